The van der Waals surface area contributed by atoms with Gasteiger partial charge in [0.05, 0.1) is 16.1 Å². The van der Waals surface area contributed by atoms with Crippen LogP contribution in [0.2, 0.25) is 0 Å². The third kappa shape index (κ3) is 3.10. The van der Waals surface area contributed by atoms with Crippen molar-refractivity contribution in [2.75, 3.05) is 44.4 Å². The zero-order valence-electron chi connectivity index (χ0n) is 11.5. The van der Waals surface area contributed by atoms with Crippen molar-refractivity contribution in [1.82, 2.24) is 4.90 Å². The molecule has 1 heterocycles. The van der Waals surface area contributed by atoms with E-state index in [0.717, 1.165) is 19.3 Å². The van der Waals surface area contributed by atoms with E-state index in [9.17, 15) is 18.3 Å². The highest BCUT2D eigenvalue weighted by molar-refractivity contribution is 7.90. The fraction of sp³-hybridized carbons (Fsp3) is 0.462. The summed E-state index contributed by atoms with van der Waals surface area (Å²) in [5.41, 5.74) is 0.621. The third-order valence-corrected chi connectivity index (χ3v) is 4.58. The van der Waals surface area contributed by atoms with Crippen LogP contribution in [0, 0.1) is 0 Å². The van der Waals surface area contributed by atoms with E-state index < -0.39 is 15.8 Å². The van der Waals surface area contributed by atoms with Gasteiger partial charge in [-0.2, -0.15) is 0 Å². The first-order chi connectivity index (χ1) is 9.29. The van der Waals surface area contributed by atoms with Gasteiger partial charge in [0.2, 0.25) is 0 Å². The Labute approximate surface area is 118 Å². The number of carboxylic acid groups (broad SMARTS) is 1. The molecule has 0 amide bonds. The van der Waals surface area contributed by atoms with Gasteiger partial charge in [0.25, 0.3) is 0 Å². The van der Waals surface area contributed by atoms with Crippen molar-refractivity contribution in [2.45, 2.75) is 4.90 Å². The summed E-state index contributed by atoms with van der Waals surface area (Å²) in [6, 6.07) is 4.18. The van der Waals surface area contributed by atoms with Gasteiger partial charge >= 0.3 is 5.97 Å². The number of rotatable bonds is 3. The number of carbonyl (C=O) groups is 1. The Morgan fingerprint density at radius 1 is 1.20 bits per heavy atom. The molecular weight excluding hydrogens is 280 g/mol. The molecule has 1 aliphatic rings. The number of hydrogen-bond donors (Lipinski definition) is 1. The van der Waals surface area contributed by atoms with Crippen LogP contribution in [-0.4, -0.2) is 63.9 Å². The minimum Gasteiger partial charge on any atom is -0.478 e. The summed E-state index contributed by atoms with van der Waals surface area (Å²) in [5, 5.41) is 9.26. The summed E-state index contributed by atoms with van der Waals surface area (Å²) < 4.78 is 23.3. The Morgan fingerprint density at radius 2 is 1.80 bits per heavy atom. The smallest absolute Gasteiger partial charge is 0.337 e. The third-order valence-electron chi connectivity index (χ3n) is 3.47. The molecule has 1 aromatic rings. The molecule has 2 rings (SSSR count). The van der Waals surface area contributed by atoms with Crippen molar-refractivity contribution >= 4 is 21.5 Å². The maximum absolute atomic E-state index is 11.6. The first kappa shape index (κ1) is 14.8. The number of aromatic carboxylic acids is 1. The lowest BCUT2D eigenvalue weighted by molar-refractivity contribution is 0.0697. The second-order valence-corrected chi connectivity index (χ2v) is 7.06. The molecule has 1 N–H and O–H groups in total. The number of hydrogen-bond acceptors (Lipinski definition) is 5. The number of carboxylic acids is 1. The van der Waals surface area contributed by atoms with Gasteiger partial charge in [-0.15, -0.1) is 0 Å². The Hall–Kier alpha value is -1.60. The average Bonchev–Trinajstić information content (AvgIpc) is 2.37. The van der Waals surface area contributed by atoms with Crippen molar-refractivity contribution in [2.24, 2.45) is 0 Å². The Balaban J connectivity index is 2.45. The van der Waals surface area contributed by atoms with Crippen LogP contribution >= 0.6 is 0 Å². The highest BCUT2D eigenvalue weighted by Crippen LogP contribution is 2.25. The molecule has 6 nitrogen and oxygen atoms in total. The summed E-state index contributed by atoms with van der Waals surface area (Å²) >= 11 is 0. The van der Waals surface area contributed by atoms with Crippen LogP contribution in [0.25, 0.3) is 0 Å². The zero-order valence-corrected chi connectivity index (χ0v) is 12.4. The molecule has 0 saturated carbocycles. The summed E-state index contributed by atoms with van der Waals surface area (Å²) in [6.45, 7) is 3.01. The quantitative estimate of drug-likeness (QED) is 0.877. The lowest BCUT2D eigenvalue weighted by Crippen LogP contribution is -2.45. The van der Waals surface area contributed by atoms with E-state index in [0.29, 0.717) is 18.8 Å². The maximum Gasteiger partial charge on any atom is 0.337 e. The minimum atomic E-state index is -3.35. The van der Waals surface area contributed by atoms with E-state index in [1.54, 1.807) is 0 Å². The summed E-state index contributed by atoms with van der Waals surface area (Å²) in [7, 11) is -1.34. The zero-order chi connectivity index (χ0) is 14.9. The molecule has 0 bridgehead atoms. The molecule has 1 saturated heterocycles. The molecule has 0 aliphatic carbocycles. The van der Waals surface area contributed by atoms with Crippen LogP contribution in [0.15, 0.2) is 23.1 Å². The molecule has 1 aliphatic heterocycles. The SMILES string of the molecule is CN1CCN(c2cc(S(C)(=O)=O)ccc2C(=O)O)CC1. The maximum atomic E-state index is 11.6. The molecule has 1 fully saturated rings. The molecule has 0 spiro atoms. The molecule has 7 heteroatoms. The van der Waals surface area contributed by atoms with Gasteiger partial charge in [0.15, 0.2) is 9.84 Å². The van der Waals surface area contributed by atoms with Crippen LogP contribution in [0.5, 0.6) is 0 Å². The van der Waals surface area contributed by atoms with Gasteiger partial charge in [-0.05, 0) is 25.2 Å². The van der Waals surface area contributed by atoms with Crippen molar-refractivity contribution in [1.29, 1.82) is 0 Å². The largest absolute Gasteiger partial charge is 0.478 e. The van der Waals surface area contributed by atoms with Gasteiger partial charge in [-0.3, -0.25) is 0 Å². The first-order valence-electron chi connectivity index (χ1n) is 6.30. The normalized spacial score (nSPS) is 17.2. The van der Waals surface area contributed by atoms with E-state index >= 15 is 0 Å². The van der Waals surface area contributed by atoms with Crippen molar-refractivity contribution in [3.63, 3.8) is 0 Å². The Morgan fingerprint density at radius 3 is 2.30 bits per heavy atom. The number of anilines is 1. The lowest BCUT2D eigenvalue weighted by Gasteiger charge is -2.34. The van der Waals surface area contributed by atoms with Crippen LogP contribution < -0.4 is 4.90 Å². The molecule has 0 atom stereocenters. The van der Waals surface area contributed by atoms with E-state index in [-0.39, 0.29) is 10.5 Å². The monoisotopic (exact) mass is 298 g/mol. The predicted octanol–water partition coefficient (Wildman–Crippen LogP) is 0.540. The average molecular weight is 298 g/mol. The Kier molecular flexibility index (Phi) is 4.01. The summed E-state index contributed by atoms with van der Waals surface area (Å²) in [6.07, 6.45) is 1.12. The molecular formula is C13H18N2O4S. The number of nitrogens with zero attached hydrogens (tertiary/aromatic N) is 2. The molecule has 110 valence electrons. The second kappa shape index (κ2) is 5.41. The van der Waals surface area contributed by atoms with E-state index in [4.69, 9.17) is 0 Å². The molecule has 20 heavy (non-hydrogen) atoms. The fourth-order valence-electron chi connectivity index (χ4n) is 2.23. The van der Waals surface area contributed by atoms with Crippen molar-refractivity contribution in [3.8, 4) is 0 Å². The van der Waals surface area contributed by atoms with Crippen LogP contribution in [0.3, 0.4) is 0 Å². The van der Waals surface area contributed by atoms with E-state index in [1.807, 2.05) is 11.9 Å². The lowest BCUT2D eigenvalue weighted by atomic mass is 10.1. The van der Waals surface area contributed by atoms with Gasteiger partial charge in [-0.25, -0.2) is 13.2 Å². The number of piperazine rings is 1. The van der Waals surface area contributed by atoms with Crippen molar-refractivity contribution in [3.05, 3.63) is 23.8 Å². The molecule has 1 aromatic carbocycles. The topological polar surface area (TPSA) is 77.9 Å². The van der Waals surface area contributed by atoms with Crippen molar-refractivity contribution < 1.29 is 18.3 Å². The minimum absolute atomic E-state index is 0.141. The van der Waals surface area contributed by atoms with Crippen LogP contribution in [0.1, 0.15) is 10.4 Å². The highest BCUT2D eigenvalue weighted by atomic mass is 32.2. The van der Waals surface area contributed by atoms with Gasteiger partial charge in [0, 0.05) is 32.4 Å². The molecule has 0 aromatic heterocycles. The number of sulfone groups is 1. The second-order valence-electron chi connectivity index (χ2n) is 5.05. The standard InChI is InChI=1S/C13H18N2O4S/c1-14-5-7-15(8-6-14)12-9-10(20(2,18)19)3-4-11(12)13(16)17/h3-4,9H,5-8H2,1-2H3,(H,16,17). The van der Waals surface area contributed by atoms with Gasteiger partial charge in [-0.1, -0.05) is 0 Å². The summed E-state index contributed by atoms with van der Waals surface area (Å²) in [5.74, 6) is -1.04. The molecule has 0 radical (unpaired) electrons. The predicted molar refractivity (Wildman–Crippen MR) is 76.2 cm³/mol. The fourth-order valence-corrected chi connectivity index (χ4v) is 2.87. The van der Waals surface area contributed by atoms with E-state index in [2.05, 4.69) is 4.90 Å². The number of likely N-dealkylation sites (N-methyl/N-ethyl adjacent to an activating group) is 1. The van der Waals surface area contributed by atoms with E-state index in [1.165, 1.54) is 18.2 Å². The van der Waals surface area contributed by atoms with Gasteiger partial charge in [0.1, 0.15) is 0 Å². The first-order valence-corrected chi connectivity index (χ1v) is 8.19. The number of benzene rings is 1. The summed E-state index contributed by atoms with van der Waals surface area (Å²) in [4.78, 5) is 15.5. The highest BCUT2D eigenvalue weighted by Gasteiger charge is 2.22. The Bertz CT molecular complexity index is 619. The molecule has 0 unspecified atom stereocenters. The van der Waals surface area contributed by atoms with Crippen LogP contribution in [0.4, 0.5) is 5.69 Å². The van der Waals surface area contributed by atoms with Crippen LogP contribution in [-0.2, 0) is 9.84 Å². The van der Waals surface area contributed by atoms with Gasteiger partial charge < -0.3 is 14.9 Å².